The Bertz CT molecular complexity index is 769. The second-order valence-corrected chi connectivity index (χ2v) is 7.15. The Morgan fingerprint density at radius 3 is 2.14 bits per heavy atom. The molecule has 0 spiro atoms. The number of ether oxygens (including phenoxy) is 1. The fourth-order valence-corrected chi connectivity index (χ4v) is 2.49. The van der Waals surface area contributed by atoms with Gasteiger partial charge >= 0.3 is 0 Å². The van der Waals surface area contributed by atoms with E-state index >= 15 is 0 Å². The van der Waals surface area contributed by atoms with Crippen LogP contribution in [-0.2, 0) is 11.3 Å². The van der Waals surface area contributed by atoms with Crippen molar-refractivity contribution >= 4 is 17.5 Å². The fraction of sp³-hybridized carbons (Fsp3) is 0.364. The molecule has 0 unspecified atom stereocenters. The Morgan fingerprint density at radius 2 is 1.57 bits per heavy atom. The van der Waals surface area contributed by atoms with E-state index in [2.05, 4.69) is 16.0 Å². The molecule has 0 aliphatic heterocycles. The normalized spacial score (nSPS) is 10.6. The van der Waals surface area contributed by atoms with Crippen LogP contribution in [0.3, 0.4) is 0 Å². The third-order valence-electron chi connectivity index (χ3n) is 3.80. The zero-order chi connectivity index (χ0) is 20.5. The SMILES string of the molecule is CC(C)NC(=O)c1ccc(NCC(=O)NCc2ccc(OC(C)C)cc2)cc1. The molecule has 0 aliphatic carbocycles. The van der Waals surface area contributed by atoms with Crippen LogP contribution in [0.2, 0.25) is 0 Å². The van der Waals surface area contributed by atoms with E-state index in [0.29, 0.717) is 12.1 Å². The summed E-state index contributed by atoms with van der Waals surface area (Å²) >= 11 is 0. The number of anilines is 1. The summed E-state index contributed by atoms with van der Waals surface area (Å²) in [6, 6.07) is 14.8. The van der Waals surface area contributed by atoms with Crippen molar-refractivity contribution in [3.05, 3.63) is 59.7 Å². The third-order valence-corrected chi connectivity index (χ3v) is 3.80. The summed E-state index contributed by atoms with van der Waals surface area (Å²) in [4.78, 5) is 24.0. The molecule has 28 heavy (non-hydrogen) atoms. The molecule has 0 radical (unpaired) electrons. The fourth-order valence-electron chi connectivity index (χ4n) is 2.49. The van der Waals surface area contributed by atoms with E-state index in [1.54, 1.807) is 24.3 Å². The first-order chi connectivity index (χ1) is 13.3. The van der Waals surface area contributed by atoms with Crippen molar-refractivity contribution in [2.75, 3.05) is 11.9 Å². The zero-order valence-electron chi connectivity index (χ0n) is 16.9. The van der Waals surface area contributed by atoms with Crippen LogP contribution in [0.4, 0.5) is 5.69 Å². The second kappa shape index (κ2) is 10.3. The highest BCUT2D eigenvalue weighted by Gasteiger charge is 2.07. The molecular weight excluding hydrogens is 354 g/mol. The summed E-state index contributed by atoms with van der Waals surface area (Å²) in [5.74, 6) is 0.602. The van der Waals surface area contributed by atoms with Gasteiger partial charge in [0.25, 0.3) is 5.91 Å². The Hall–Kier alpha value is -3.02. The molecular formula is C22H29N3O3. The molecule has 0 bridgehead atoms. The van der Waals surface area contributed by atoms with E-state index in [0.717, 1.165) is 17.0 Å². The van der Waals surface area contributed by atoms with Crippen molar-refractivity contribution in [1.82, 2.24) is 10.6 Å². The standard InChI is InChI=1S/C22H29N3O3/c1-15(2)25-22(27)18-7-9-19(10-8-18)23-14-21(26)24-13-17-5-11-20(12-6-17)28-16(3)4/h5-12,15-16,23H,13-14H2,1-4H3,(H,24,26)(H,25,27). The quantitative estimate of drug-likeness (QED) is 0.620. The summed E-state index contributed by atoms with van der Waals surface area (Å²) in [6.07, 6.45) is 0.135. The number of carbonyl (C=O) groups is 2. The summed E-state index contributed by atoms with van der Waals surface area (Å²) in [7, 11) is 0. The Labute approximate surface area is 166 Å². The summed E-state index contributed by atoms with van der Waals surface area (Å²) in [5.41, 5.74) is 2.38. The predicted octanol–water partition coefficient (Wildman–Crippen LogP) is 3.34. The van der Waals surface area contributed by atoms with E-state index < -0.39 is 0 Å². The Morgan fingerprint density at radius 1 is 0.929 bits per heavy atom. The molecule has 0 saturated heterocycles. The average molecular weight is 383 g/mol. The van der Waals surface area contributed by atoms with Crippen molar-refractivity contribution < 1.29 is 14.3 Å². The van der Waals surface area contributed by atoms with Gasteiger partial charge in [-0.25, -0.2) is 0 Å². The number of hydrogen-bond acceptors (Lipinski definition) is 4. The van der Waals surface area contributed by atoms with Gasteiger partial charge in [0.15, 0.2) is 0 Å². The predicted molar refractivity (Wildman–Crippen MR) is 112 cm³/mol. The van der Waals surface area contributed by atoms with Crippen molar-refractivity contribution in [2.24, 2.45) is 0 Å². The van der Waals surface area contributed by atoms with Gasteiger partial charge in [-0.1, -0.05) is 12.1 Å². The molecule has 0 saturated carbocycles. The van der Waals surface area contributed by atoms with Gasteiger partial charge < -0.3 is 20.7 Å². The first-order valence-corrected chi connectivity index (χ1v) is 9.50. The van der Waals surface area contributed by atoms with Crippen LogP contribution in [-0.4, -0.2) is 30.5 Å². The monoisotopic (exact) mass is 383 g/mol. The maximum atomic E-state index is 12.0. The number of hydrogen-bond donors (Lipinski definition) is 3. The van der Waals surface area contributed by atoms with Gasteiger partial charge in [0.2, 0.25) is 5.91 Å². The summed E-state index contributed by atoms with van der Waals surface area (Å²) in [6.45, 7) is 8.41. The minimum Gasteiger partial charge on any atom is -0.491 e. The molecule has 2 aromatic rings. The van der Waals surface area contributed by atoms with Crippen LogP contribution in [0.25, 0.3) is 0 Å². The molecule has 0 fully saturated rings. The second-order valence-electron chi connectivity index (χ2n) is 7.15. The molecule has 0 atom stereocenters. The molecule has 6 nitrogen and oxygen atoms in total. The zero-order valence-corrected chi connectivity index (χ0v) is 16.9. The lowest BCUT2D eigenvalue weighted by molar-refractivity contribution is -0.119. The van der Waals surface area contributed by atoms with Gasteiger partial charge in [-0.05, 0) is 69.7 Å². The maximum Gasteiger partial charge on any atom is 0.251 e. The summed E-state index contributed by atoms with van der Waals surface area (Å²) < 4.78 is 5.60. The smallest absolute Gasteiger partial charge is 0.251 e. The lowest BCUT2D eigenvalue weighted by Crippen LogP contribution is -2.30. The van der Waals surface area contributed by atoms with E-state index in [4.69, 9.17) is 4.74 Å². The molecule has 2 amide bonds. The van der Waals surface area contributed by atoms with E-state index in [1.807, 2.05) is 52.0 Å². The van der Waals surface area contributed by atoms with Crippen LogP contribution in [0.15, 0.2) is 48.5 Å². The highest BCUT2D eigenvalue weighted by Crippen LogP contribution is 2.14. The van der Waals surface area contributed by atoms with Gasteiger partial charge in [-0.15, -0.1) is 0 Å². The van der Waals surface area contributed by atoms with Gasteiger partial charge in [-0.3, -0.25) is 9.59 Å². The van der Waals surface area contributed by atoms with Crippen LogP contribution in [0.1, 0.15) is 43.6 Å². The molecule has 2 rings (SSSR count). The summed E-state index contributed by atoms with van der Waals surface area (Å²) in [5, 5.41) is 8.77. The molecule has 0 aliphatic rings. The molecule has 3 N–H and O–H groups in total. The first kappa shape index (κ1) is 21.3. The van der Waals surface area contributed by atoms with Gasteiger partial charge in [0.1, 0.15) is 5.75 Å². The largest absolute Gasteiger partial charge is 0.491 e. The first-order valence-electron chi connectivity index (χ1n) is 9.50. The maximum absolute atomic E-state index is 12.0. The van der Waals surface area contributed by atoms with Crippen molar-refractivity contribution in [3.8, 4) is 5.75 Å². The number of benzene rings is 2. The number of carbonyl (C=O) groups excluding carboxylic acids is 2. The Balaban J connectivity index is 1.75. The van der Waals surface area contributed by atoms with E-state index in [1.165, 1.54) is 0 Å². The lowest BCUT2D eigenvalue weighted by atomic mass is 10.2. The highest BCUT2D eigenvalue weighted by molar-refractivity contribution is 5.94. The average Bonchev–Trinajstić information content (AvgIpc) is 2.65. The molecule has 2 aromatic carbocycles. The van der Waals surface area contributed by atoms with E-state index in [-0.39, 0.29) is 30.5 Å². The number of rotatable bonds is 9. The van der Waals surface area contributed by atoms with Crippen LogP contribution in [0.5, 0.6) is 5.75 Å². The van der Waals surface area contributed by atoms with Gasteiger partial charge in [-0.2, -0.15) is 0 Å². The lowest BCUT2D eigenvalue weighted by Gasteiger charge is -2.11. The number of nitrogens with one attached hydrogen (secondary N) is 3. The molecule has 0 aromatic heterocycles. The minimum atomic E-state index is -0.107. The van der Waals surface area contributed by atoms with Gasteiger partial charge in [0.05, 0.1) is 12.6 Å². The van der Waals surface area contributed by atoms with Crippen molar-refractivity contribution in [2.45, 2.75) is 46.4 Å². The van der Waals surface area contributed by atoms with Crippen LogP contribution >= 0.6 is 0 Å². The highest BCUT2D eigenvalue weighted by atomic mass is 16.5. The van der Waals surface area contributed by atoms with Crippen molar-refractivity contribution in [1.29, 1.82) is 0 Å². The Kier molecular flexibility index (Phi) is 7.87. The van der Waals surface area contributed by atoms with Gasteiger partial charge in [0, 0.05) is 23.8 Å². The molecule has 0 heterocycles. The topological polar surface area (TPSA) is 79.5 Å². The van der Waals surface area contributed by atoms with E-state index in [9.17, 15) is 9.59 Å². The molecule has 6 heteroatoms. The van der Waals surface area contributed by atoms with Crippen LogP contribution < -0.4 is 20.7 Å². The van der Waals surface area contributed by atoms with Crippen LogP contribution in [0, 0.1) is 0 Å². The van der Waals surface area contributed by atoms with Crippen molar-refractivity contribution in [3.63, 3.8) is 0 Å². The minimum absolute atomic E-state index is 0.0907. The molecule has 150 valence electrons. The number of amides is 2. The third kappa shape index (κ3) is 7.31.